The smallest absolute Gasteiger partial charge is 0.170 e. The van der Waals surface area contributed by atoms with Gasteiger partial charge in [-0.2, -0.15) is 0 Å². The van der Waals surface area contributed by atoms with Crippen molar-refractivity contribution in [3.8, 4) is 0 Å². The van der Waals surface area contributed by atoms with Crippen molar-refractivity contribution in [1.29, 1.82) is 0 Å². The largest absolute Gasteiger partial charge is 0.356 e. The highest BCUT2D eigenvalue weighted by molar-refractivity contribution is 5.95. The molecule has 0 unspecified atom stereocenters. The summed E-state index contributed by atoms with van der Waals surface area (Å²) < 4.78 is 31.5. The van der Waals surface area contributed by atoms with Gasteiger partial charge in [-0.15, -0.1) is 13.2 Å². The molecule has 1 fully saturated rings. The van der Waals surface area contributed by atoms with E-state index in [2.05, 4.69) is 23.2 Å². The van der Waals surface area contributed by atoms with Gasteiger partial charge in [-0.1, -0.05) is 5.16 Å². The van der Waals surface area contributed by atoms with Crippen molar-refractivity contribution < 1.29 is 18.1 Å². The average molecular weight is 412 g/mol. The number of piperidine rings is 1. The number of rotatable bonds is 6. The molecule has 1 aromatic heterocycles. The number of carbonyl (C=O) groups is 1. The number of hydrogen-bond acceptors (Lipinski definition) is 4. The Hall–Kier alpha value is -2.86. The number of Topliss-reactive ketones (excluding diaryl/α,β-unsaturated/α-hetero) is 1. The van der Waals surface area contributed by atoms with E-state index < -0.39 is 0 Å². The van der Waals surface area contributed by atoms with Gasteiger partial charge in [0.15, 0.2) is 11.4 Å². The van der Waals surface area contributed by atoms with Gasteiger partial charge in [0.2, 0.25) is 0 Å². The first-order valence-electron chi connectivity index (χ1n) is 10.2. The van der Waals surface area contributed by atoms with Crippen LogP contribution in [0.1, 0.15) is 47.7 Å². The van der Waals surface area contributed by atoms with E-state index in [1.165, 1.54) is 36.4 Å². The van der Waals surface area contributed by atoms with E-state index in [1.807, 2.05) is 0 Å². The molecule has 0 bridgehead atoms. The molecule has 0 radical (unpaired) electrons. The Balaban J connectivity index is 0.00000124. The van der Waals surface area contributed by atoms with Crippen LogP contribution in [0.3, 0.4) is 0 Å². The average Bonchev–Trinajstić information content (AvgIpc) is 3.19. The van der Waals surface area contributed by atoms with Crippen molar-refractivity contribution in [3.05, 3.63) is 78.5 Å². The molecule has 0 amide bonds. The van der Waals surface area contributed by atoms with Crippen molar-refractivity contribution >= 4 is 16.8 Å². The molecule has 3 aromatic rings. The Morgan fingerprint density at radius 2 is 1.73 bits per heavy atom. The van der Waals surface area contributed by atoms with Crippen molar-refractivity contribution in [1.82, 2.24) is 10.1 Å². The zero-order valence-corrected chi connectivity index (χ0v) is 16.9. The first kappa shape index (κ1) is 21.8. The Bertz CT molecular complexity index is 977. The molecule has 0 atom stereocenters. The van der Waals surface area contributed by atoms with Gasteiger partial charge < -0.3 is 9.42 Å². The van der Waals surface area contributed by atoms with Gasteiger partial charge >= 0.3 is 0 Å². The lowest BCUT2D eigenvalue weighted by molar-refractivity contribution is 0.0972. The van der Waals surface area contributed by atoms with Crippen molar-refractivity contribution in [2.75, 3.05) is 19.6 Å². The molecule has 2 aromatic carbocycles. The molecule has 4 nitrogen and oxygen atoms in total. The molecule has 30 heavy (non-hydrogen) atoms. The minimum absolute atomic E-state index is 0.0520. The third kappa shape index (κ3) is 5.19. The fraction of sp³-hybridized carbons (Fsp3) is 0.333. The predicted molar refractivity (Wildman–Crippen MR) is 114 cm³/mol. The maximum absolute atomic E-state index is 13.3. The molecule has 6 heteroatoms. The second kappa shape index (κ2) is 10.3. The van der Waals surface area contributed by atoms with Gasteiger partial charge in [0.25, 0.3) is 0 Å². The van der Waals surface area contributed by atoms with Gasteiger partial charge in [0.05, 0.1) is 5.69 Å². The highest BCUT2D eigenvalue weighted by Gasteiger charge is 2.25. The summed E-state index contributed by atoms with van der Waals surface area (Å²) in [6, 6.07) is 10.3. The van der Waals surface area contributed by atoms with Crippen molar-refractivity contribution in [2.45, 2.75) is 31.6 Å². The maximum Gasteiger partial charge on any atom is 0.170 e. The zero-order chi connectivity index (χ0) is 21.5. The molecule has 1 aliphatic rings. The molecule has 1 aliphatic heterocycles. The number of ketones is 1. The third-order valence-electron chi connectivity index (χ3n) is 5.48. The van der Waals surface area contributed by atoms with Crippen LogP contribution in [0.5, 0.6) is 0 Å². The van der Waals surface area contributed by atoms with Crippen LogP contribution < -0.4 is 0 Å². The van der Waals surface area contributed by atoms with Crippen LogP contribution in [0, 0.1) is 11.6 Å². The Labute approximate surface area is 175 Å². The Morgan fingerprint density at radius 1 is 1.07 bits per heavy atom. The number of likely N-dealkylation sites (tertiary alicyclic amines) is 1. The van der Waals surface area contributed by atoms with Gasteiger partial charge in [-0.05, 0) is 75.3 Å². The maximum atomic E-state index is 13.3. The van der Waals surface area contributed by atoms with E-state index in [4.69, 9.17) is 4.52 Å². The van der Waals surface area contributed by atoms with Crippen LogP contribution in [-0.2, 0) is 0 Å². The molecular formula is C24H26F2N2O2. The fourth-order valence-electron chi connectivity index (χ4n) is 3.90. The standard InChI is InChI=1S/C22H22F2N2O2.C2H4/c23-17-5-3-15(4-6-17)20(27)2-1-11-26-12-9-16(10-13-26)22-19-8-7-18(24)14-21(19)28-25-22;1-2/h3-8,14,16H,1-2,9-13H2;1-2H2. The van der Waals surface area contributed by atoms with Crippen LogP contribution in [0.25, 0.3) is 11.0 Å². The SMILES string of the molecule is C=C.O=C(CCCN1CCC(c2noc3cc(F)ccc23)CC1)c1ccc(F)cc1. The first-order chi connectivity index (χ1) is 14.6. The van der Waals surface area contributed by atoms with Gasteiger partial charge in [0.1, 0.15) is 11.6 Å². The quantitative estimate of drug-likeness (QED) is 0.382. The van der Waals surface area contributed by atoms with E-state index in [0.717, 1.165) is 50.0 Å². The van der Waals surface area contributed by atoms with Crippen LogP contribution in [0.15, 0.2) is 60.1 Å². The molecule has 4 rings (SSSR count). The lowest BCUT2D eigenvalue weighted by Gasteiger charge is -2.31. The minimum atomic E-state index is -0.329. The minimum Gasteiger partial charge on any atom is -0.356 e. The fourth-order valence-corrected chi connectivity index (χ4v) is 3.90. The summed E-state index contributed by atoms with van der Waals surface area (Å²) in [5.74, 6) is -0.287. The highest BCUT2D eigenvalue weighted by Crippen LogP contribution is 2.32. The summed E-state index contributed by atoms with van der Waals surface area (Å²) in [6.45, 7) is 8.74. The zero-order valence-electron chi connectivity index (χ0n) is 16.9. The number of nitrogens with zero attached hydrogens (tertiary/aromatic N) is 2. The highest BCUT2D eigenvalue weighted by atomic mass is 19.1. The summed E-state index contributed by atoms with van der Waals surface area (Å²) in [4.78, 5) is 14.5. The number of carbonyl (C=O) groups excluding carboxylic acids is 1. The van der Waals surface area contributed by atoms with Crippen LogP contribution >= 0.6 is 0 Å². The van der Waals surface area contributed by atoms with Crippen LogP contribution in [-0.4, -0.2) is 35.5 Å². The number of benzene rings is 2. The van der Waals surface area contributed by atoms with E-state index in [1.54, 1.807) is 6.07 Å². The van der Waals surface area contributed by atoms with E-state index in [0.29, 0.717) is 23.5 Å². The second-order valence-electron chi connectivity index (χ2n) is 7.36. The number of fused-ring (bicyclic) bond motifs is 1. The summed E-state index contributed by atoms with van der Waals surface area (Å²) in [6.07, 6.45) is 3.17. The first-order valence-corrected chi connectivity index (χ1v) is 10.2. The summed E-state index contributed by atoms with van der Waals surface area (Å²) in [5.41, 5.74) is 1.98. The second-order valence-corrected chi connectivity index (χ2v) is 7.36. The van der Waals surface area contributed by atoms with Crippen molar-refractivity contribution in [2.24, 2.45) is 0 Å². The van der Waals surface area contributed by atoms with Gasteiger partial charge in [0, 0.05) is 29.4 Å². The van der Waals surface area contributed by atoms with Gasteiger partial charge in [-0.25, -0.2) is 8.78 Å². The number of halogens is 2. The molecule has 0 spiro atoms. The number of aromatic nitrogens is 1. The Morgan fingerprint density at radius 3 is 2.43 bits per heavy atom. The molecule has 2 heterocycles. The number of hydrogen-bond donors (Lipinski definition) is 0. The van der Waals surface area contributed by atoms with Crippen LogP contribution in [0.4, 0.5) is 8.78 Å². The lowest BCUT2D eigenvalue weighted by Crippen LogP contribution is -2.34. The molecule has 0 saturated carbocycles. The summed E-state index contributed by atoms with van der Waals surface area (Å²) >= 11 is 0. The van der Waals surface area contributed by atoms with Gasteiger partial charge in [-0.3, -0.25) is 4.79 Å². The molecule has 1 saturated heterocycles. The topological polar surface area (TPSA) is 46.3 Å². The Kier molecular flexibility index (Phi) is 7.46. The van der Waals surface area contributed by atoms with E-state index >= 15 is 0 Å². The monoisotopic (exact) mass is 412 g/mol. The molecule has 0 N–H and O–H groups in total. The molecule has 0 aliphatic carbocycles. The van der Waals surface area contributed by atoms with E-state index in [-0.39, 0.29) is 17.4 Å². The summed E-state index contributed by atoms with van der Waals surface area (Å²) in [7, 11) is 0. The molecular weight excluding hydrogens is 386 g/mol. The normalized spacial score (nSPS) is 15.0. The third-order valence-corrected chi connectivity index (χ3v) is 5.48. The molecule has 158 valence electrons. The van der Waals surface area contributed by atoms with Crippen LogP contribution in [0.2, 0.25) is 0 Å². The summed E-state index contributed by atoms with van der Waals surface area (Å²) in [5, 5.41) is 5.07. The van der Waals surface area contributed by atoms with Crippen molar-refractivity contribution in [3.63, 3.8) is 0 Å². The lowest BCUT2D eigenvalue weighted by atomic mass is 9.91. The predicted octanol–water partition coefficient (Wildman–Crippen LogP) is 5.75. The van der Waals surface area contributed by atoms with E-state index in [9.17, 15) is 13.6 Å².